The minimum Gasteiger partial charge on any atom is -0.262 e. The van der Waals surface area contributed by atoms with Gasteiger partial charge in [0.15, 0.2) is 0 Å². The molecule has 0 fully saturated rings. The topological polar surface area (TPSA) is 40.3 Å². The molecule has 3 aliphatic heterocycles. The Bertz CT molecular complexity index is 368. The van der Waals surface area contributed by atoms with Gasteiger partial charge in [-0.25, -0.2) is 15.0 Å². The highest BCUT2D eigenvalue weighted by molar-refractivity contribution is 6.27. The Kier molecular flexibility index (Phi) is 1.14. The van der Waals surface area contributed by atoms with Crippen LogP contribution in [0.15, 0.2) is 51.8 Å². The molecule has 0 atom stereocenters. The molecule has 0 spiro atoms. The summed E-state index contributed by atoms with van der Waals surface area (Å²) in [5.41, 5.74) is 0. The first-order valence-corrected chi connectivity index (χ1v) is 3.98. The fourth-order valence-electron chi connectivity index (χ4n) is 1.17. The van der Waals surface area contributed by atoms with Gasteiger partial charge < -0.3 is 0 Å². The molecule has 0 N–H and O–H groups in total. The molecular weight excluding hydrogens is 164 g/mol. The average Bonchev–Trinajstić information content (AvgIpc) is 1.73. The molecule has 4 heteroatoms. The van der Waals surface area contributed by atoms with Crippen molar-refractivity contribution in [2.24, 2.45) is 15.0 Å². The second kappa shape index (κ2) is 2.26. The lowest BCUT2D eigenvalue weighted by Crippen LogP contribution is -2.43. The highest BCUT2D eigenvalue weighted by atomic mass is 15.3. The van der Waals surface area contributed by atoms with E-state index in [1.165, 1.54) is 0 Å². The van der Waals surface area contributed by atoms with Gasteiger partial charge in [-0.15, -0.1) is 0 Å². The molecule has 0 radical (unpaired) electrons. The quantitative estimate of drug-likeness (QED) is 0.536. The van der Waals surface area contributed by atoms with E-state index in [-0.39, 0.29) is 0 Å². The molecule has 0 aromatic rings. The second-order valence-corrected chi connectivity index (χ2v) is 2.74. The highest BCUT2D eigenvalue weighted by Gasteiger charge is 2.24. The zero-order valence-electron chi connectivity index (χ0n) is 6.75. The molecule has 4 nitrogen and oxygen atoms in total. The molecule has 0 aliphatic carbocycles. The summed E-state index contributed by atoms with van der Waals surface area (Å²) in [7, 11) is 0. The highest BCUT2D eigenvalue weighted by Crippen LogP contribution is 2.14. The van der Waals surface area contributed by atoms with Gasteiger partial charge in [0, 0.05) is 18.6 Å². The zero-order valence-corrected chi connectivity index (χ0v) is 6.75. The molecule has 0 aromatic heterocycles. The fraction of sp³-hybridized carbons (Fsp3) is 0. The summed E-state index contributed by atoms with van der Waals surface area (Å²) >= 11 is 0. The van der Waals surface area contributed by atoms with Crippen LogP contribution in [-0.2, 0) is 0 Å². The van der Waals surface area contributed by atoms with Crippen LogP contribution in [0.3, 0.4) is 0 Å². The second-order valence-electron chi connectivity index (χ2n) is 2.74. The van der Waals surface area contributed by atoms with Crippen molar-refractivity contribution in [1.82, 2.24) is 4.90 Å². The van der Waals surface area contributed by atoms with Crippen molar-refractivity contribution >= 4 is 17.5 Å². The van der Waals surface area contributed by atoms with Gasteiger partial charge in [0.2, 0.25) is 0 Å². The first-order valence-electron chi connectivity index (χ1n) is 3.98. The fourth-order valence-corrected chi connectivity index (χ4v) is 1.17. The van der Waals surface area contributed by atoms with Crippen LogP contribution in [-0.4, -0.2) is 22.4 Å². The lowest BCUT2D eigenvalue weighted by atomic mass is 10.2. The smallest absolute Gasteiger partial charge is 0.141 e. The Hall–Kier alpha value is -1.97. The van der Waals surface area contributed by atoms with Crippen LogP contribution in [0, 0.1) is 0 Å². The van der Waals surface area contributed by atoms with E-state index in [1.54, 1.807) is 18.6 Å². The van der Waals surface area contributed by atoms with Crippen LogP contribution in [0.5, 0.6) is 0 Å². The summed E-state index contributed by atoms with van der Waals surface area (Å²) < 4.78 is 0. The lowest BCUT2D eigenvalue weighted by Gasteiger charge is -2.29. The monoisotopic (exact) mass is 170 g/mol. The van der Waals surface area contributed by atoms with E-state index in [9.17, 15) is 0 Å². The molecule has 3 heterocycles. The third kappa shape index (κ3) is 0.823. The van der Waals surface area contributed by atoms with Crippen LogP contribution >= 0.6 is 0 Å². The predicted molar refractivity (Wildman–Crippen MR) is 51.6 cm³/mol. The largest absolute Gasteiger partial charge is 0.262 e. The van der Waals surface area contributed by atoms with E-state index in [1.807, 2.05) is 23.1 Å². The maximum atomic E-state index is 4.11. The molecule has 0 aromatic carbocycles. The Morgan fingerprint density at radius 2 is 1.00 bits per heavy atom. The van der Waals surface area contributed by atoms with Crippen molar-refractivity contribution in [3.8, 4) is 0 Å². The van der Waals surface area contributed by atoms with Crippen LogP contribution in [0.1, 0.15) is 0 Å². The van der Waals surface area contributed by atoms with E-state index in [0.717, 1.165) is 17.5 Å². The lowest BCUT2D eigenvalue weighted by molar-refractivity contribution is 0.882. The first-order chi connectivity index (χ1) is 6.45. The van der Waals surface area contributed by atoms with Gasteiger partial charge in [-0.2, -0.15) is 0 Å². The van der Waals surface area contributed by atoms with Crippen molar-refractivity contribution in [2.75, 3.05) is 0 Å². The van der Waals surface area contributed by atoms with Gasteiger partial charge in [-0.05, 0) is 18.2 Å². The summed E-state index contributed by atoms with van der Waals surface area (Å²) in [6.45, 7) is 0. The molecule has 0 bridgehead atoms. The zero-order chi connectivity index (χ0) is 8.67. The molecule has 3 aliphatic rings. The van der Waals surface area contributed by atoms with Gasteiger partial charge in [0.1, 0.15) is 17.5 Å². The normalized spacial score (nSPS) is 20.8. The number of hydrogen-bond donors (Lipinski definition) is 0. The summed E-state index contributed by atoms with van der Waals surface area (Å²) in [5.74, 6) is 2.68. The molecule has 3 rings (SSSR count). The molecular formula is C9H6N4. The van der Waals surface area contributed by atoms with E-state index in [0.29, 0.717) is 0 Å². The molecule has 0 saturated carbocycles. The van der Waals surface area contributed by atoms with Crippen molar-refractivity contribution in [1.29, 1.82) is 0 Å². The number of aliphatic imine (C=N–C) groups is 3. The van der Waals surface area contributed by atoms with Crippen molar-refractivity contribution in [2.45, 2.75) is 0 Å². The van der Waals surface area contributed by atoms with Crippen LogP contribution < -0.4 is 0 Å². The molecule has 0 amide bonds. The SMILES string of the molecule is C1=CC(N(C2=NC=C2)C2=NC=C2)=N1. The van der Waals surface area contributed by atoms with Gasteiger partial charge >= 0.3 is 0 Å². The standard InChI is InChI=1S/C9H6N4/c1-4-10-7(1)13(8-2-5-11-8)9-3-6-12-9/h1-6H. The average molecular weight is 170 g/mol. The van der Waals surface area contributed by atoms with Crippen molar-refractivity contribution in [3.05, 3.63) is 36.8 Å². The van der Waals surface area contributed by atoms with Crippen LogP contribution in [0.4, 0.5) is 0 Å². The third-order valence-corrected chi connectivity index (χ3v) is 1.98. The Labute approximate surface area is 75.0 Å². The maximum Gasteiger partial charge on any atom is 0.141 e. The minimum absolute atomic E-state index is 0.895. The third-order valence-electron chi connectivity index (χ3n) is 1.98. The van der Waals surface area contributed by atoms with Gasteiger partial charge in [-0.1, -0.05) is 0 Å². The van der Waals surface area contributed by atoms with Crippen LogP contribution in [0.2, 0.25) is 0 Å². The predicted octanol–water partition coefficient (Wildman–Crippen LogP) is 1.07. The van der Waals surface area contributed by atoms with E-state index in [2.05, 4.69) is 15.0 Å². The van der Waals surface area contributed by atoms with Crippen molar-refractivity contribution < 1.29 is 0 Å². The van der Waals surface area contributed by atoms with E-state index < -0.39 is 0 Å². The number of hydrogen-bond acceptors (Lipinski definition) is 4. The summed E-state index contributed by atoms with van der Waals surface area (Å²) in [6, 6.07) is 0. The molecule has 0 unspecified atom stereocenters. The molecule has 13 heavy (non-hydrogen) atoms. The van der Waals surface area contributed by atoms with Gasteiger partial charge in [0.25, 0.3) is 0 Å². The van der Waals surface area contributed by atoms with Gasteiger partial charge in [-0.3, -0.25) is 4.90 Å². The van der Waals surface area contributed by atoms with E-state index in [4.69, 9.17) is 0 Å². The molecule has 62 valence electrons. The molecule has 0 saturated heterocycles. The minimum atomic E-state index is 0.895. The number of nitrogens with zero attached hydrogens (tertiary/aromatic N) is 4. The summed E-state index contributed by atoms with van der Waals surface area (Å²) in [5, 5.41) is 0. The first kappa shape index (κ1) is 6.54. The summed E-state index contributed by atoms with van der Waals surface area (Å²) in [4.78, 5) is 14.2. The van der Waals surface area contributed by atoms with E-state index >= 15 is 0 Å². The Morgan fingerprint density at radius 3 is 1.15 bits per heavy atom. The summed E-state index contributed by atoms with van der Waals surface area (Å²) in [6.07, 6.45) is 11.1. The maximum absolute atomic E-state index is 4.11. The Morgan fingerprint density at radius 1 is 0.692 bits per heavy atom. The Balaban J connectivity index is 1.88. The number of amidine groups is 3. The number of rotatable bonds is 0. The van der Waals surface area contributed by atoms with Crippen molar-refractivity contribution in [3.63, 3.8) is 0 Å². The van der Waals surface area contributed by atoms with Crippen LogP contribution in [0.25, 0.3) is 0 Å². The van der Waals surface area contributed by atoms with Gasteiger partial charge in [0.05, 0.1) is 0 Å².